The Kier molecular flexibility index (Phi) is 6.14. The molecule has 3 rings (SSSR count). The molecule has 0 radical (unpaired) electrons. The first-order valence-electron chi connectivity index (χ1n) is 8.90. The average Bonchev–Trinajstić information content (AvgIpc) is 2.64. The van der Waals surface area contributed by atoms with Gasteiger partial charge in [-0.05, 0) is 24.6 Å². The number of carbonyl (C=O) groups excluding carboxylic acids is 1. The number of rotatable bonds is 6. The van der Waals surface area contributed by atoms with E-state index in [1.165, 1.54) is 5.56 Å². The lowest BCUT2D eigenvalue weighted by molar-refractivity contribution is 0.0934. The predicted octanol–water partition coefficient (Wildman–Crippen LogP) is 1.94. The Labute approximate surface area is 149 Å². The van der Waals surface area contributed by atoms with Gasteiger partial charge in [-0.25, -0.2) is 0 Å². The van der Waals surface area contributed by atoms with Crippen molar-refractivity contribution >= 4 is 5.91 Å². The third kappa shape index (κ3) is 5.37. The van der Waals surface area contributed by atoms with Crippen molar-refractivity contribution in [2.45, 2.75) is 13.5 Å². The van der Waals surface area contributed by atoms with Crippen molar-refractivity contribution < 1.29 is 4.79 Å². The van der Waals surface area contributed by atoms with E-state index in [-0.39, 0.29) is 5.91 Å². The van der Waals surface area contributed by atoms with E-state index in [2.05, 4.69) is 50.4 Å². The summed E-state index contributed by atoms with van der Waals surface area (Å²) >= 11 is 0. The fourth-order valence-corrected chi connectivity index (χ4v) is 3.04. The smallest absolute Gasteiger partial charge is 0.252 e. The highest BCUT2D eigenvalue weighted by Crippen LogP contribution is 2.08. The lowest BCUT2D eigenvalue weighted by Crippen LogP contribution is -2.48. The van der Waals surface area contributed by atoms with Crippen LogP contribution in [0.3, 0.4) is 0 Å². The molecule has 1 fully saturated rings. The molecule has 132 valence electrons. The molecule has 5 nitrogen and oxygen atoms in total. The van der Waals surface area contributed by atoms with Gasteiger partial charge in [0, 0.05) is 57.7 Å². The van der Waals surface area contributed by atoms with Crippen LogP contribution in [0.2, 0.25) is 0 Å². The average molecular weight is 338 g/mol. The van der Waals surface area contributed by atoms with Crippen molar-refractivity contribution in [1.29, 1.82) is 0 Å². The van der Waals surface area contributed by atoms with E-state index >= 15 is 0 Å². The first-order valence-corrected chi connectivity index (χ1v) is 8.90. The van der Waals surface area contributed by atoms with Crippen LogP contribution >= 0.6 is 0 Å². The van der Waals surface area contributed by atoms with Crippen LogP contribution in [-0.4, -0.2) is 60.0 Å². The van der Waals surface area contributed by atoms with Crippen LogP contribution in [0.1, 0.15) is 21.6 Å². The summed E-state index contributed by atoms with van der Waals surface area (Å²) in [6, 6.07) is 14.3. The van der Waals surface area contributed by atoms with Gasteiger partial charge in [0.05, 0.1) is 5.56 Å². The molecular formula is C20H26N4O. The highest BCUT2D eigenvalue weighted by Gasteiger charge is 2.16. The molecule has 25 heavy (non-hydrogen) atoms. The second-order valence-electron chi connectivity index (χ2n) is 6.55. The molecule has 0 spiro atoms. The van der Waals surface area contributed by atoms with Crippen LogP contribution in [-0.2, 0) is 6.54 Å². The van der Waals surface area contributed by atoms with Gasteiger partial charge in [-0.1, -0.05) is 30.3 Å². The first kappa shape index (κ1) is 17.6. The predicted molar refractivity (Wildman–Crippen MR) is 99.5 cm³/mol. The van der Waals surface area contributed by atoms with Gasteiger partial charge in [-0.15, -0.1) is 0 Å². The van der Waals surface area contributed by atoms with Crippen LogP contribution in [0.4, 0.5) is 0 Å². The molecule has 0 bridgehead atoms. The fourth-order valence-electron chi connectivity index (χ4n) is 3.04. The Bertz CT molecular complexity index is 664. The summed E-state index contributed by atoms with van der Waals surface area (Å²) < 4.78 is 0. The van der Waals surface area contributed by atoms with E-state index in [0.29, 0.717) is 12.1 Å². The highest BCUT2D eigenvalue weighted by atomic mass is 16.1. The molecule has 1 aromatic heterocycles. The maximum atomic E-state index is 12.1. The number of hydrogen-bond donors (Lipinski definition) is 1. The van der Waals surface area contributed by atoms with Gasteiger partial charge in [0.15, 0.2) is 0 Å². The minimum absolute atomic E-state index is 0.0461. The van der Waals surface area contributed by atoms with Crippen molar-refractivity contribution in [2.24, 2.45) is 0 Å². The number of aryl methyl sites for hydroxylation is 1. The Morgan fingerprint density at radius 2 is 1.76 bits per heavy atom. The number of nitrogens with one attached hydrogen (secondary N) is 1. The topological polar surface area (TPSA) is 48.5 Å². The van der Waals surface area contributed by atoms with Gasteiger partial charge in [0.1, 0.15) is 0 Å². The molecule has 1 aromatic carbocycles. The quantitative estimate of drug-likeness (QED) is 0.874. The molecule has 1 amide bonds. The number of aromatic nitrogens is 1. The van der Waals surface area contributed by atoms with Crippen molar-refractivity contribution in [1.82, 2.24) is 20.1 Å². The third-order valence-corrected chi connectivity index (χ3v) is 4.60. The minimum Gasteiger partial charge on any atom is -0.351 e. The molecule has 1 saturated heterocycles. The van der Waals surface area contributed by atoms with Crippen molar-refractivity contribution in [2.75, 3.05) is 39.3 Å². The largest absolute Gasteiger partial charge is 0.351 e. The summed E-state index contributed by atoms with van der Waals surface area (Å²) in [6.45, 7) is 8.75. The van der Waals surface area contributed by atoms with E-state index < -0.39 is 0 Å². The zero-order valence-electron chi connectivity index (χ0n) is 14.8. The fraction of sp³-hybridized carbons (Fsp3) is 0.400. The van der Waals surface area contributed by atoms with Gasteiger partial charge in [0.2, 0.25) is 0 Å². The second kappa shape index (κ2) is 8.74. The number of hydrogen-bond acceptors (Lipinski definition) is 4. The number of carbonyl (C=O) groups is 1. The third-order valence-electron chi connectivity index (χ3n) is 4.60. The molecule has 0 atom stereocenters. The minimum atomic E-state index is -0.0461. The monoisotopic (exact) mass is 338 g/mol. The zero-order chi connectivity index (χ0) is 17.5. The molecule has 1 N–H and O–H groups in total. The van der Waals surface area contributed by atoms with Gasteiger partial charge in [-0.2, -0.15) is 0 Å². The normalized spacial score (nSPS) is 15.9. The van der Waals surface area contributed by atoms with Gasteiger partial charge >= 0.3 is 0 Å². The molecule has 2 aromatic rings. The Balaban J connectivity index is 1.35. The van der Waals surface area contributed by atoms with Gasteiger partial charge in [-0.3, -0.25) is 19.6 Å². The zero-order valence-corrected chi connectivity index (χ0v) is 14.8. The molecule has 0 saturated carbocycles. The lowest BCUT2D eigenvalue weighted by Gasteiger charge is -2.34. The van der Waals surface area contributed by atoms with Crippen molar-refractivity contribution in [3.8, 4) is 0 Å². The van der Waals surface area contributed by atoms with Crippen LogP contribution in [0.15, 0.2) is 48.7 Å². The molecule has 1 aliphatic heterocycles. The molecular weight excluding hydrogens is 312 g/mol. The maximum absolute atomic E-state index is 12.1. The van der Waals surface area contributed by atoms with Gasteiger partial charge in [0.25, 0.3) is 5.91 Å². The summed E-state index contributed by atoms with van der Waals surface area (Å²) in [6.07, 6.45) is 1.63. The number of pyridine rings is 1. The molecule has 0 unspecified atom stereocenters. The van der Waals surface area contributed by atoms with E-state index in [1.54, 1.807) is 6.20 Å². The summed E-state index contributed by atoms with van der Waals surface area (Å²) in [5.41, 5.74) is 2.91. The van der Waals surface area contributed by atoms with Crippen molar-refractivity contribution in [3.63, 3.8) is 0 Å². The highest BCUT2D eigenvalue weighted by molar-refractivity contribution is 5.93. The Hall–Kier alpha value is -2.24. The molecule has 2 heterocycles. The number of benzene rings is 1. The lowest BCUT2D eigenvalue weighted by atomic mass is 10.2. The van der Waals surface area contributed by atoms with Crippen molar-refractivity contribution in [3.05, 3.63) is 65.5 Å². The summed E-state index contributed by atoms with van der Waals surface area (Å²) in [5, 5.41) is 2.98. The van der Waals surface area contributed by atoms with Crippen LogP contribution in [0, 0.1) is 6.92 Å². The first-order chi connectivity index (χ1) is 12.2. The molecule has 1 aliphatic rings. The molecule has 5 heteroatoms. The maximum Gasteiger partial charge on any atom is 0.252 e. The number of nitrogens with zero attached hydrogens (tertiary/aromatic N) is 3. The van der Waals surface area contributed by atoms with Crippen LogP contribution < -0.4 is 5.32 Å². The number of piperazine rings is 1. The standard InChI is InChI=1S/C20H26N4O/c1-17-7-8-19(15-22-17)20(25)21-9-10-23-11-13-24(14-12-23)16-18-5-3-2-4-6-18/h2-8,15H,9-14,16H2,1H3,(H,21,25). The van der Waals surface area contributed by atoms with E-state index in [1.807, 2.05) is 19.1 Å². The van der Waals surface area contributed by atoms with Crippen LogP contribution in [0.25, 0.3) is 0 Å². The van der Waals surface area contributed by atoms with Gasteiger partial charge < -0.3 is 5.32 Å². The van der Waals surface area contributed by atoms with Crippen LogP contribution in [0.5, 0.6) is 0 Å². The Morgan fingerprint density at radius 3 is 2.44 bits per heavy atom. The SMILES string of the molecule is Cc1ccc(C(=O)NCCN2CCN(Cc3ccccc3)CC2)cn1. The summed E-state index contributed by atoms with van der Waals surface area (Å²) in [5.74, 6) is -0.0461. The summed E-state index contributed by atoms with van der Waals surface area (Å²) in [7, 11) is 0. The second-order valence-corrected chi connectivity index (χ2v) is 6.55. The van der Waals surface area contributed by atoms with E-state index in [9.17, 15) is 4.79 Å². The summed E-state index contributed by atoms with van der Waals surface area (Å²) in [4.78, 5) is 21.1. The molecule has 0 aliphatic carbocycles. The Morgan fingerprint density at radius 1 is 1.04 bits per heavy atom. The van der Waals surface area contributed by atoms with E-state index in [0.717, 1.165) is 45.0 Å². The number of amides is 1. The van der Waals surface area contributed by atoms with E-state index in [4.69, 9.17) is 0 Å².